The van der Waals surface area contributed by atoms with E-state index in [0.717, 1.165) is 45.3 Å². The number of aliphatic hydroxyl groups excluding tert-OH is 1. The molecule has 10 rings (SSSR count). The van der Waals surface area contributed by atoms with E-state index in [9.17, 15) is 53.7 Å². The summed E-state index contributed by atoms with van der Waals surface area (Å²) >= 11 is 6.72. The molecule has 0 aliphatic carbocycles. The fraction of sp³-hybridized carbons (Fsp3) is 0.315. The highest BCUT2D eigenvalue weighted by Crippen LogP contribution is 2.40. The van der Waals surface area contributed by atoms with E-state index in [0.29, 0.717) is 76.5 Å². The number of aromatic nitrogens is 7. The van der Waals surface area contributed by atoms with Crippen LogP contribution < -0.4 is 31.9 Å². The first kappa shape index (κ1) is 60.7. The first-order valence-electron chi connectivity index (χ1n) is 26.4. The molecule has 26 nitrogen and oxygen atoms in total. The van der Waals surface area contributed by atoms with Crippen LogP contribution in [-0.4, -0.2) is 136 Å². The average Bonchev–Trinajstić information content (AvgIpc) is 2.45. The van der Waals surface area contributed by atoms with Crippen molar-refractivity contribution < 1.29 is 58.4 Å². The van der Waals surface area contributed by atoms with E-state index in [2.05, 4.69) is 31.2 Å². The number of anilines is 2. The summed E-state index contributed by atoms with van der Waals surface area (Å²) in [6.45, 7) is 1.56. The van der Waals surface area contributed by atoms with Gasteiger partial charge in [0, 0.05) is 65.1 Å². The number of fused-ring (bicyclic) bond motifs is 14. The van der Waals surface area contributed by atoms with Crippen LogP contribution in [0.2, 0.25) is 0 Å². The number of thiazole rings is 6. The number of carboxylic acid groups (broad SMARTS) is 2. The van der Waals surface area contributed by atoms with E-state index in [4.69, 9.17) is 35.4 Å². The van der Waals surface area contributed by atoms with Crippen LogP contribution >= 0.6 is 68.0 Å². The summed E-state index contributed by atoms with van der Waals surface area (Å²) in [5.74, 6) is -5.80. The molecular formula is C54H52N14O12S6. The van der Waals surface area contributed by atoms with Crippen molar-refractivity contribution in [2.75, 3.05) is 43.5 Å². The molecule has 2 aliphatic heterocycles. The topological polar surface area (TPSA) is 377 Å². The third-order valence-corrected chi connectivity index (χ3v) is 19.1. The number of urea groups is 1. The van der Waals surface area contributed by atoms with Gasteiger partial charge in [-0.05, 0) is 50.3 Å². The minimum Gasteiger partial charge on any atom is -0.481 e. The molecule has 1 aromatic carbocycles. The summed E-state index contributed by atoms with van der Waals surface area (Å²) in [7, 11) is 1.41. The number of carboxylic acids is 2. The van der Waals surface area contributed by atoms with Gasteiger partial charge in [-0.15, -0.1) is 56.7 Å². The monoisotopic (exact) mass is 1280 g/mol. The van der Waals surface area contributed by atoms with Crippen LogP contribution in [0.1, 0.15) is 114 Å². The fourth-order valence-corrected chi connectivity index (χ4v) is 14.5. The SMILES string of the molecule is COCc1sc2nc1C(=O)NCC(=O)N[C@@H]([C@@H](O)c1ccccc1)c1nc(cs1)-c1nc(cs1)-c1nc(-c3nc(N(CCCCC(=O)O)C(=O)N4CCC(C(=O)O)CC4)cs3)ccc1-c1nc(cs1)C(=O)N[C@@H](CC(N)=O)c1nc(c(C)s1)C(=O)N2. The Hall–Kier alpha value is -8.37. The second-order valence-electron chi connectivity index (χ2n) is 19.5. The van der Waals surface area contributed by atoms with Crippen LogP contribution in [0.4, 0.5) is 15.7 Å². The minimum atomic E-state index is -1.31. The number of aryl methyl sites for hydroxylation is 1. The van der Waals surface area contributed by atoms with E-state index >= 15 is 0 Å². The predicted molar refractivity (Wildman–Crippen MR) is 321 cm³/mol. The Balaban J connectivity index is 1.03. The molecule has 32 heteroatoms. The molecule has 9 N–H and O–H groups in total. The van der Waals surface area contributed by atoms with Crippen molar-refractivity contribution in [3.8, 4) is 43.4 Å². The fourth-order valence-electron chi connectivity index (χ4n) is 9.29. The van der Waals surface area contributed by atoms with E-state index in [1.807, 2.05) is 0 Å². The van der Waals surface area contributed by atoms with Crippen molar-refractivity contribution in [1.82, 2.24) is 55.7 Å². The predicted octanol–water partition coefficient (Wildman–Crippen LogP) is 7.15. The Morgan fingerprint density at radius 2 is 1.47 bits per heavy atom. The quantitative estimate of drug-likeness (QED) is 0.0501. The number of nitrogens with zero attached hydrogens (tertiary/aromatic N) is 9. The summed E-state index contributed by atoms with van der Waals surface area (Å²) in [4.78, 5) is 143. The zero-order valence-corrected chi connectivity index (χ0v) is 50.4. The van der Waals surface area contributed by atoms with Crippen molar-refractivity contribution in [2.24, 2.45) is 11.7 Å². The molecule has 0 unspecified atom stereocenters. The summed E-state index contributed by atoms with van der Waals surface area (Å²) in [5.41, 5.74) is 7.81. The number of pyridine rings is 1. The molecule has 1 saturated heterocycles. The van der Waals surface area contributed by atoms with Gasteiger partial charge in [0.2, 0.25) is 11.8 Å². The van der Waals surface area contributed by atoms with Gasteiger partial charge in [0.05, 0.1) is 42.1 Å². The number of piperidine rings is 1. The van der Waals surface area contributed by atoms with Gasteiger partial charge in [-0.3, -0.25) is 43.8 Å². The summed E-state index contributed by atoms with van der Waals surface area (Å²) in [6, 6.07) is 9.48. The molecule has 0 radical (unpaired) electrons. The van der Waals surface area contributed by atoms with Crippen LogP contribution in [-0.2, 0) is 30.5 Å². The number of unbranched alkanes of at least 4 members (excludes halogenated alkanes) is 1. The van der Waals surface area contributed by atoms with E-state index < -0.39 is 84.6 Å². The molecule has 7 amide bonds. The van der Waals surface area contributed by atoms with Crippen LogP contribution in [0.3, 0.4) is 0 Å². The Kier molecular flexibility index (Phi) is 19.0. The van der Waals surface area contributed by atoms with Gasteiger partial charge in [-0.1, -0.05) is 41.7 Å². The van der Waals surface area contributed by atoms with Crippen molar-refractivity contribution in [2.45, 2.75) is 70.2 Å². The van der Waals surface area contributed by atoms with Crippen molar-refractivity contribution in [3.05, 3.63) is 106 Å². The number of aliphatic carboxylic acids is 2. The number of carbonyl (C=O) groups is 8. The van der Waals surface area contributed by atoms with E-state index in [1.54, 1.807) is 70.4 Å². The first-order valence-corrected chi connectivity index (χ1v) is 31.6. The largest absolute Gasteiger partial charge is 0.481 e. The van der Waals surface area contributed by atoms with Gasteiger partial charge < -0.3 is 46.6 Å². The lowest BCUT2D eigenvalue weighted by Gasteiger charge is -2.34. The molecule has 0 spiro atoms. The minimum absolute atomic E-state index is 0.00949. The Morgan fingerprint density at radius 1 is 0.744 bits per heavy atom. The molecule has 9 heterocycles. The van der Waals surface area contributed by atoms with Gasteiger partial charge in [-0.25, -0.2) is 39.7 Å². The standard InChI is InChI=1S/C54H52N14O12S6/c1-25-39-46(76)66-53-65-41(34(86-53)20-80-2)45(75)56-19-37(70)63-42(43(73)26-8-4-3-5-9-26)51-61-33(23-83-51)49-59-31(21-82-49)40-28(47-60-32(22-81-47)44(74)58-30(18-35(55)69)50(64-39)85-25)11-12-29(57-40)48-62-36(24-84-48)68(15-7-6-10-38(71)72)54(79)67-16-13-27(14-17-67)52(77)78/h3-5,8-9,11-12,21-24,27,30,42-43,73H,6-7,10,13-20H2,1-2H3,(H2,55,69)(H,56,75)(H,58,74)(H,63,70)(H,71,72)(H,77,78)(H,65,66,76)/t30-,42-,43-/m0/s1. The average molecular weight is 1280 g/mol. The molecular weight excluding hydrogens is 1230 g/mol. The third kappa shape index (κ3) is 14.0. The van der Waals surface area contributed by atoms with Gasteiger partial charge >= 0.3 is 18.0 Å². The zero-order valence-electron chi connectivity index (χ0n) is 45.5. The lowest BCUT2D eigenvalue weighted by Crippen LogP contribution is -2.48. The lowest BCUT2D eigenvalue weighted by molar-refractivity contribution is -0.143. The highest BCUT2D eigenvalue weighted by atomic mass is 32.1. The number of carbonyl (C=O) groups excluding carboxylic acids is 6. The number of rotatable bonds is 14. The summed E-state index contributed by atoms with van der Waals surface area (Å²) < 4.78 is 5.33. The number of primary amides is 1. The second-order valence-corrected chi connectivity index (χ2v) is 25.3. The van der Waals surface area contributed by atoms with E-state index in [1.165, 1.54) is 40.1 Å². The zero-order chi connectivity index (χ0) is 60.8. The molecule has 8 aromatic rings. The highest BCUT2D eigenvalue weighted by molar-refractivity contribution is 7.16. The number of ether oxygens (including phenoxy) is 1. The Morgan fingerprint density at radius 3 is 2.21 bits per heavy atom. The number of benzene rings is 1. The number of nitrogens with two attached hydrogens (primary N) is 1. The maximum absolute atomic E-state index is 14.2. The molecule has 10 bridgehead atoms. The van der Waals surface area contributed by atoms with E-state index in [-0.39, 0.29) is 78.5 Å². The number of nitrogens with one attached hydrogen (secondary N) is 4. The normalized spacial score (nSPS) is 16.4. The molecule has 0 saturated carbocycles. The maximum Gasteiger partial charge on any atom is 0.325 e. The second kappa shape index (κ2) is 26.9. The summed E-state index contributed by atoms with van der Waals surface area (Å²) in [6.07, 6.45) is -0.613. The van der Waals surface area contributed by atoms with Gasteiger partial charge in [0.25, 0.3) is 17.7 Å². The van der Waals surface area contributed by atoms with Crippen molar-refractivity contribution in [1.29, 1.82) is 0 Å². The van der Waals surface area contributed by atoms with Gasteiger partial charge in [0.15, 0.2) is 5.13 Å². The number of amides is 7. The number of aliphatic hydroxyl groups is 1. The lowest BCUT2D eigenvalue weighted by atomic mass is 9.97. The number of likely N-dealkylation sites (tertiary alicyclic amines) is 1. The Labute approximate surface area is 512 Å². The molecule has 2 aliphatic rings. The van der Waals surface area contributed by atoms with Crippen LogP contribution in [0.25, 0.3) is 43.4 Å². The first-order chi connectivity index (χ1) is 41.4. The number of methoxy groups -OCH3 is 1. The molecule has 86 heavy (non-hydrogen) atoms. The molecule has 1 fully saturated rings. The Bertz CT molecular complexity index is 3870. The smallest absolute Gasteiger partial charge is 0.325 e. The van der Waals surface area contributed by atoms with Crippen LogP contribution in [0.15, 0.2) is 64.0 Å². The molecule has 3 atom stereocenters. The molecule has 446 valence electrons. The van der Waals surface area contributed by atoms with Gasteiger partial charge in [-0.2, -0.15) is 0 Å². The number of hydrogen-bond acceptors (Lipinski definition) is 23. The maximum atomic E-state index is 14.2. The van der Waals surface area contributed by atoms with Crippen LogP contribution in [0, 0.1) is 12.8 Å². The van der Waals surface area contributed by atoms with Crippen molar-refractivity contribution >= 4 is 126 Å². The molecule has 7 aromatic heterocycles. The van der Waals surface area contributed by atoms with Gasteiger partial charge in [0.1, 0.15) is 77.2 Å². The third-order valence-electron chi connectivity index (χ3n) is 13.6. The summed E-state index contributed by atoms with van der Waals surface area (Å²) in [5, 5.41) is 50.1. The number of hydrogen-bond donors (Lipinski definition) is 8. The van der Waals surface area contributed by atoms with Crippen LogP contribution in [0.5, 0.6) is 0 Å². The highest BCUT2D eigenvalue weighted by Gasteiger charge is 2.34. The van der Waals surface area contributed by atoms with Crippen molar-refractivity contribution in [3.63, 3.8) is 0 Å².